The average molecular weight is 693 g/mol. The summed E-state index contributed by atoms with van der Waals surface area (Å²) in [5.74, 6) is -0.917. The number of nitrogens with zero attached hydrogens (tertiary/aromatic N) is 4. The van der Waals surface area contributed by atoms with Crippen LogP contribution < -0.4 is 22.1 Å². The van der Waals surface area contributed by atoms with Gasteiger partial charge in [-0.25, -0.2) is 9.59 Å². The normalized spacial score (nSPS) is 20.7. The van der Waals surface area contributed by atoms with Gasteiger partial charge in [0.2, 0.25) is 0 Å². The van der Waals surface area contributed by atoms with Crippen LogP contribution in [-0.2, 0) is 45.4 Å². The van der Waals surface area contributed by atoms with Crippen molar-refractivity contribution >= 4 is 24.0 Å². The largest absolute Gasteiger partial charge is 0.368 e. The summed E-state index contributed by atoms with van der Waals surface area (Å²) in [5.41, 5.74) is 15.4. The molecule has 2 aromatic carbocycles. The number of hydrogen-bond acceptors (Lipinski definition) is 10. The Morgan fingerprint density at radius 2 is 0.860 bits per heavy atom. The number of nitrogens with two attached hydrogens (primary N) is 2. The van der Waals surface area contributed by atoms with Crippen LogP contribution in [0.4, 0.5) is 9.59 Å². The molecule has 0 atom stereocenters. The molecule has 5 rings (SSSR count). The van der Waals surface area contributed by atoms with E-state index in [1.54, 1.807) is 19.9 Å². The number of hydroxylamine groups is 4. The number of amides is 4. The van der Waals surface area contributed by atoms with Gasteiger partial charge in [0.1, 0.15) is 0 Å². The van der Waals surface area contributed by atoms with Crippen molar-refractivity contribution in [3.8, 4) is 0 Å². The molecule has 0 spiro atoms. The molecule has 2 heterocycles. The molecule has 1 saturated carbocycles. The number of nitrogens with one attached hydrogen (secondary N) is 2. The number of carbonyl (C=O) groups excluding carboxylic acids is 4. The quantitative estimate of drug-likeness (QED) is 0.290. The molecular formula is C36H52N8O6. The topological polar surface area (TPSA) is 176 Å². The van der Waals surface area contributed by atoms with Crippen LogP contribution in [0.5, 0.6) is 0 Å². The SMILES string of the molecule is NCc1ccc(CNC(=O)N2CCN(OC(=O)C3CCCC(C(=O)ON4CCN(C(=O)NCc5ccc(CN)cc5)CC4)CCC3)CC2)cc1. The van der Waals surface area contributed by atoms with Gasteiger partial charge in [0.05, 0.1) is 38.0 Å². The molecule has 2 saturated heterocycles. The highest BCUT2D eigenvalue weighted by molar-refractivity contribution is 5.75. The molecule has 272 valence electrons. The zero-order valence-electron chi connectivity index (χ0n) is 28.9. The summed E-state index contributed by atoms with van der Waals surface area (Å²) in [4.78, 5) is 66.3. The summed E-state index contributed by atoms with van der Waals surface area (Å²) in [7, 11) is 0. The lowest BCUT2D eigenvalue weighted by atomic mass is 9.86. The van der Waals surface area contributed by atoms with Crippen LogP contribution >= 0.6 is 0 Å². The van der Waals surface area contributed by atoms with Crippen molar-refractivity contribution in [3.05, 3.63) is 70.8 Å². The van der Waals surface area contributed by atoms with Gasteiger partial charge in [0, 0.05) is 52.4 Å². The highest BCUT2D eigenvalue weighted by Gasteiger charge is 2.31. The highest BCUT2D eigenvalue weighted by Crippen LogP contribution is 2.28. The van der Waals surface area contributed by atoms with Crippen LogP contribution in [0.2, 0.25) is 0 Å². The number of benzene rings is 2. The molecule has 14 heteroatoms. The zero-order chi connectivity index (χ0) is 35.3. The third kappa shape index (κ3) is 10.9. The fourth-order valence-electron chi connectivity index (χ4n) is 6.52. The van der Waals surface area contributed by atoms with Gasteiger partial charge in [-0.2, -0.15) is 0 Å². The third-order valence-electron chi connectivity index (χ3n) is 9.77. The van der Waals surface area contributed by atoms with Gasteiger partial charge in [-0.1, -0.05) is 61.4 Å². The van der Waals surface area contributed by atoms with Crippen molar-refractivity contribution in [1.82, 2.24) is 30.6 Å². The van der Waals surface area contributed by atoms with E-state index in [1.807, 2.05) is 48.5 Å². The minimum Gasteiger partial charge on any atom is -0.368 e. The van der Waals surface area contributed by atoms with Crippen LogP contribution in [0.3, 0.4) is 0 Å². The van der Waals surface area contributed by atoms with E-state index in [0.29, 0.717) is 104 Å². The molecule has 50 heavy (non-hydrogen) atoms. The van der Waals surface area contributed by atoms with E-state index in [0.717, 1.165) is 35.1 Å². The summed E-state index contributed by atoms with van der Waals surface area (Å²) in [5, 5.41) is 9.21. The fraction of sp³-hybridized carbons (Fsp3) is 0.556. The molecule has 0 unspecified atom stereocenters. The summed E-state index contributed by atoms with van der Waals surface area (Å²) in [6.45, 7) is 5.50. The van der Waals surface area contributed by atoms with E-state index in [2.05, 4.69) is 10.6 Å². The van der Waals surface area contributed by atoms with Crippen molar-refractivity contribution < 1.29 is 28.9 Å². The third-order valence-corrected chi connectivity index (χ3v) is 9.77. The second-order valence-corrected chi connectivity index (χ2v) is 13.3. The lowest BCUT2D eigenvalue weighted by Crippen LogP contribution is -2.52. The molecule has 3 aliphatic rings. The van der Waals surface area contributed by atoms with E-state index in [-0.39, 0.29) is 35.8 Å². The molecule has 3 fully saturated rings. The van der Waals surface area contributed by atoms with Crippen LogP contribution in [0.25, 0.3) is 0 Å². The van der Waals surface area contributed by atoms with Crippen LogP contribution in [-0.4, -0.2) is 96.3 Å². The zero-order valence-corrected chi connectivity index (χ0v) is 28.9. The molecule has 2 aliphatic heterocycles. The van der Waals surface area contributed by atoms with Crippen LogP contribution in [0.15, 0.2) is 48.5 Å². The van der Waals surface area contributed by atoms with Gasteiger partial charge in [-0.3, -0.25) is 9.59 Å². The van der Waals surface area contributed by atoms with E-state index in [1.165, 1.54) is 0 Å². The maximum Gasteiger partial charge on any atom is 0.328 e. The van der Waals surface area contributed by atoms with Gasteiger partial charge in [0.25, 0.3) is 0 Å². The lowest BCUT2D eigenvalue weighted by molar-refractivity contribution is -0.203. The summed E-state index contributed by atoms with van der Waals surface area (Å²) >= 11 is 0. The maximum absolute atomic E-state index is 13.0. The number of piperazine rings is 2. The summed E-state index contributed by atoms with van der Waals surface area (Å²) < 4.78 is 0. The Kier molecular flexibility index (Phi) is 13.8. The van der Waals surface area contributed by atoms with Crippen molar-refractivity contribution in [2.24, 2.45) is 23.3 Å². The molecule has 0 radical (unpaired) electrons. The van der Waals surface area contributed by atoms with Crippen molar-refractivity contribution in [2.75, 3.05) is 52.4 Å². The maximum atomic E-state index is 13.0. The Morgan fingerprint density at radius 3 is 1.18 bits per heavy atom. The Labute approximate surface area is 294 Å². The van der Waals surface area contributed by atoms with Crippen molar-refractivity contribution in [3.63, 3.8) is 0 Å². The fourth-order valence-corrected chi connectivity index (χ4v) is 6.52. The van der Waals surface area contributed by atoms with Gasteiger partial charge >= 0.3 is 24.0 Å². The van der Waals surface area contributed by atoms with E-state index in [4.69, 9.17) is 21.1 Å². The van der Waals surface area contributed by atoms with Crippen molar-refractivity contribution in [1.29, 1.82) is 0 Å². The Morgan fingerprint density at radius 1 is 0.540 bits per heavy atom. The molecule has 1 aliphatic carbocycles. The van der Waals surface area contributed by atoms with Crippen LogP contribution in [0.1, 0.15) is 60.8 Å². The molecule has 4 amide bonds. The van der Waals surface area contributed by atoms with Gasteiger partial charge < -0.3 is 41.6 Å². The first-order chi connectivity index (χ1) is 24.3. The first-order valence-electron chi connectivity index (χ1n) is 17.9. The van der Waals surface area contributed by atoms with Crippen LogP contribution in [0, 0.1) is 11.8 Å². The predicted octanol–water partition coefficient (Wildman–Crippen LogP) is 2.46. The molecular weight excluding hydrogens is 640 g/mol. The lowest BCUT2D eigenvalue weighted by Gasteiger charge is -2.34. The molecule has 6 N–H and O–H groups in total. The van der Waals surface area contributed by atoms with Gasteiger partial charge in [-0.15, -0.1) is 10.1 Å². The summed E-state index contributed by atoms with van der Waals surface area (Å²) in [6, 6.07) is 15.4. The minimum absolute atomic E-state index is 0.140. The number of urea groups is 2. The molecule has 14 nitrogen and oxygen atoms in total. The first-order valence-corrected chi connectivity index (χ1v) is 17.9. The molecule has 2 aromatic rings. The minimum atomic E-state index is -0.240. The first kappa shape index (κ1) is 37.0. The molecule has 0 bridgehead atoms. The average Bonchev–Trinajstić information content (AvgIpc) is 3.13. The van der Waals surface area contributed by atoms with E-state index < -0.39 is 0 Å². The smallest absolute Gasteiger partial charge is 0.328 e. The van der Waals surface area contributed by atoms with E-state index >= 15 is 0 Å². The number of rotatable bonds is 10. The monoisotopic (exact) mass is 692 g/mol. The Bertz CT molecular complexity index is 1290. The number of hydrogen-bond donors (Lipinski definition) is 4. The van der Waals surface area contributed by atoms with Crippen molar-refractivity contribution in [2.45, 2.75) is 64.7 Å². The highest BCUT2D eigenvalue weighted by atomic mass is 16.7. The molecule has 0 aromatic heterocycles. The second-order valence-electron chi connectivity index (χ2n) is 13.3. The van der Waals surface area contributed by atoms with Gasteiger partial charge in [0.15, 0.2) is 0 Å². The standard InChI is InChI=1S/C36H52N8O6/c37-23-27-7-11-29(12-8-27)25-39-35(47)41-15-19-43(20-16-41)49-33(45)31-3-1-4-32(6-2-5-31)34(46)50-44-21-17-42(18-22-44)36(48)40-26-30-13-9-28(24-38)10-14-30/h7-14,31-32H,1-6,15-26,37-38H2,(H,39,47)(H,40,48). The number of carbonyl (C=O) groups is 4. The van der Waals surface area contributed by atoms with E-state index in [9.17, 15) is 19.2 Å². The predicted molar refractivity (Wildman–Crippen MR) is 186 cm³/mol. The summed E-state index contributed by atoms with van der Waals surface area (Å²) in [6.07, 6.45) is 4.07. The Hall–Kier alpha value is -4.24. The Balaban J connectivity index is 0.941. The second kappa shape index (κ2) is 18.7. The van der Waals surface area contributed by atoms with Gasteiger partial charge in [-0.05, 0) is 47.9 Å².